The lowest BCUT2D eigenvalue weighted by atomic mass is 10.00. The highest BCUT2D eigenvalue weighted by molar-refractivity contribution is 6.20. The second-order valence-corrected chi connectivity index (χ2v) is 6.80. The quantitative estimate of drug-likeness (QED) is 0.351. The number of hydrogen-bond donors (Lipinski definition) is 0. The third-order valence-electron chi connectivity index (χ3n) is 5.00. The van der Waals surface area contributed by atoms with E-state index < -0.39 is 5.97 Å². The zero-order valence-corrected chi connectivity index (χ0v) is 16.3. The molecule has 0 unspecified atom stereocenters. The van der Waals surface area contributed by atoms with Gasteiger partial charge in [0, 0.05) is 22.3 Å². The van der Waals surface area contributed by atoms with Gasteiger partial charge in [0.15, 0.2) is 11.6 Å². The van der Waals surface area contributed by atoms with Crippen molar-refractivity contribution in [2.24, 2.45) is 0 Å². The van der Waals surface area contributed by atoms with E-state index in [9.17, 15) is 14.4 Å². The molecule has 2 aliphatic rings. The lowest BCUT2D eigenvalue weighted by molar-refractivity contribution is 0.0600. The first-order chi connectivity index (χ1) is 14.6. The molecule has 0 aromatic heterocycles. The standard InChI is InChI=1S/C26H18O4/c1-30-26(29)19-12-14-20-21(15-13-19)23(25(28)18-10-6-3-7-11-18)16-22(20)24(27)17-8-4-2-5-9-17/h2-16H,1H3. The van der Waals surface area contributed by atoms with Crippen LogP contribution in [0.5, 0.6) is 0 Å². The second kappa shape index (κ2) is 8.13. The largest absolute Gasteiger partial charge is 0.465 e. The molecule has 4 nitrogen and oxygen atoms in total. The Kier molecular flexibility index (Phi) is 5.22. The van der Waals surface area contributed by atoms with Crippen LogP contribution in [0.25, 0.3) is 11.1 Å². The predicted octanol–water partition coefficient (Wildman–Crippen LogP) is 5.04. The number of carbonyl (C=O) groups is 3. The van der Waals surface area contributed by atoms with Gasteiger partial charge in [-0.2, -0.15) is 0 Å². The Morgan fingerprint density at radius 3 is 1.40 bits per heavy atom. The van der Waals surface area contributed by atoms with Crippen molar-refractivity contribution >= 4 is 17.5 Å². The van der Waals surface area contributed by atoms with Crippen molar-refractivity contribution in [2.45, 2.75) is 0 Å². The van der Waals surface area contributed by atoms with Crippen LogP contribution in [0.2, 0.25) is 0 Å². The lowest BCUT2D eigenvalue weighted by Crippen LogP contribution is -2.01. The molecule has 2 aromatic carbocycles. The van der Waals surface area contributed by atoms with Gasteiger partial charge in [-0.1, -0.05) is 72.8 Å². The molecular formula is C26H18O4. The number of ketones is 2. The van der Waals surface area contributed by atoms with Gasteiger partial charge in [0.1, 0.15) is 0 Å². The van der Waals surface area contributed by atoms with Crippen molar-refractivity contribution in [3.63, 3.8) is 0 Å². The van der Waals surface area contributed by atoms with Crippen molar-refractivity contribution in [1.82, 2.24) is 0 Å². The van der Waals surface area contributed by atoms with Gasteiger partial charge >= 0.3 is 5.97 Å². The van der Waals surface area contributed by atoms with Crippen LogP contribution in [-0.2, 0) is 4.74 Å². The minimum absolute atomic E-state index is 0.182. The molecule has 0 amide bonds. The van der Waals surface area contributed by atoms with Crippen molar-refractivity contribution in [1.29, 1.82) is 0 Å². The van der Waals surface area contributed by atoms with Crippen LogP contribution in [0.3, 0.4) is 0 Å². The summed E-state index contributed by atoms with van der Waals surface area (Å²) < 4.78 is 4.80. The van der Waals surface area contributed by atoms with E-state index in [1.807, 2.05) is 12.1 Å². The van der Waals surface area contributed by atoms with E-state index in [1.54, 1.807) is 78.9 Å². The van der Waals surface area contributed by atoms with Gasteiger partial charge < -0.3 is 4.74 Å². The number of benzene rings is 2. The number of carbonyl (C=O) groups excluding carboxylic acids is 3. The Hall–Kier alpha value is -4.05. The van der Waals surface area contributed by atoms with Gasteiger partial charge in [-0.25, -0.2) is 4.79 Å². The summed E-state index contributed by atoms with van der Waals surface area (Å²) in [6, 6.07) is 26.1. The highest BCUT2D eigenvalue weighted by Gasteiger charge is 2.25. The summed E-state index contributed by atoms with van der Waals surface area (Å²) in [5.74, 6) is -0.850. The summed E-state index contributed by atoms with van der Waals surface area (Å²) in [4.78, 5) is 38.4. The van der Waals surface area contributed by atoms with Crippen LogP contribution in [0.1, 0.15) is 42.2 Å². The monoisotopic (exact) mass is 394 g/mol. The first kappa shape index (κ1) is 19.3. The number of methoxy groups -OCH3 is 1. The molecule has 0 fully saturated rings. The molecule has 0 saturated heterocycles. The fourth-order valence-corrected chi connectivity index (χ4v) is 3.47. The molecule has 0 N–H and O–H groups in total. The SMILES string of the molecule is COC(=O)c1ccc2c(C(=O)c3ccccc3)cc(C(=O)c3ccccc3)c-2cc1. The number of hydrogen-bond acceptors (Lipinski definition) is 4. The van der Waals surface area contributed by atoms with Gasteiger partial charge in [-0.15, -0.1) is 0 Å². The van der Waals surface area contributed by atoms with E-state index in [-0.39, 0.29) is 11.6 Å². The molecule has 2 aromatic rings. The summed E-state index contributed by atoms with van der Waals surface area (Å²) in [5, 5.41) is 0. The lowest BCUT2D eigenvalue weighted by Gasteiger charge is -2.02. The Labute approximate surface area is 174 Å². The Bertz CT molecular complexity index is 1120. The maximum absolute atomic E-state index is 13.2. The zero-order valence-electron chi connectivity index (χ0n) is 16.3. The van der Waals surface area contributed by atoms with E-state index in [2.05, 4.69) is 0 Å². The number of ether oxygens (including phenoxy) is 1. The predicted molar refractivity (Wildman–Crippen MR) is 114 cm³/mol. The van der Waals surface area contributed by atoms with E-state index in [4.69, 9.17) is 4.74 Å². The number of rotatable bonds is 5. The highest BCUT2D eigenvalue weighted by Crippen LogP contribution is 2.35. The minimum Gasteiger partial charge on any atom is -0.465 e. The van der Waals surface area contributed by atoms with E-state index in [1.165, 1.54) is 7.11 Å². The van der Waals surface area contributed by atoms with Gasteiger partial charge in [0.2, 0.25) is 0 Å². The molecular weight excluding hydrogens is 376 g/mol. The summed E-state index contributed by atoms with van der Waals surface area (Å²) >= 11 is 0. The van der Waals surface area contributed by atoms with Crippen molar-refractivity contribution in [2.75, 3.05) is 7.11 Å². The smallest absolute Gasteiger partial charge is 0.337 e. The third-order valence-corrected chi connectivity index (χ3v) is 5.00. The van der Waals surface area contributed by atoms with E-state index >= 15 is 0 Å². The van der Waals surface area contributed by atoms with Gasteiger partial charge in [-0.05, 0) is 29.3 Å². The molecule has 4 rings (SSSR count). The Balaban J connectivity index is 1.92. The molecule has 0 spiro atoms. The van der Waals surface area contributed by atoms with E-state index in [0.717, 1.165) is 0 Å². The fourth-order valence-electron chi connectivity index (χ4n) is 3.47. The molecule has 2 aliphatic carbocycles. The van der Waals surface area contributed by atoms with Crippen LogP contribution in [0.4, 0.5) is 0 Å². The van der Waals surface area contributed by atoms with E-state index in [0.29, 0.717) is 38.9 Å². The Morgan fingerprint density at radius 2 is 1.00 bits per heavy atom. The minimum atomic E-state index is -0.487. The van der Waals surface area contributed by atoms with Crippen LogP contribution < -0.4 is 0 Å². The molecule has 0 aliphatic heterocycles. The zero-order chi connectivity index (χ0) is 21.1. The summed E-state index contributed by atoms with van der Waals surface area (Å²) in [7, 11) is 1.31. The van der Waals surface area contributed by atoms with Crippen molar-refractivity contribution in [3.05, 3.63) is 119 Å². The summed E-state index contributed by atoms with van der Waals surface area (Å²) in [6.45, 7) is 0. The second-order valence-electron chi connectivity index (χ2n) is 6.80. The van der Waals surface area contributed by atoms with Gasteiger partial charge in [0.25, 0.3) is 0 Å². The van der Waals surface area contributed by atoms with Crippen LogP contribution in [-0.4, -0.2) is 24.6 Å². The van der Waals surface area contributed by atoms with Crippen LogP contribution in [0, 0.1) is 0 Å². The molecule has 0 radical (unpaired) electrons. The van der Waals surface area contributed by atoms with Crippen LogP contribution >= 0.6 is 0 Å². The molecule has 0 bridgehead atoms. The Morgan fingerprint density at radius 1 is 0.567 bits per heavy atom. The number of esters is 1. The molecule has 4 heteroatoms. The third kappa shape index (κ3) is 3.51. The highest BCUT2D eigenvalue weighted by atomic mass is 16.5. The molecule has 0 atom stereocenters. The van der Waals surface area contributed by atoms with Crippen molar-refractivity contribution in [3.8, 4) is 11.1 Å². The summed E-state index contributed by atoms with van der Waals surface area (Å²) in [6.07, 6.45) is 0. The topological polar surface area (TPSA) is 60.4 Å². The normalized spacial score (nSPS) is 10.6. The van der Waals surface area contributed by atoms with Crippen molar-refractivity contribution < 1.29 is 19.1 Å². The first-order valence-corrected chi connectivity index (χ1v) is 9.44. The average molecular weight is 394 g/mol. The van der Waals surface area contributed by atoms with Gasteiger partial charge in [-0.3, -0.25) is 9.59 Å². The molecule has 30 heavy (non-hydrogen) atoms. The summed E-state index contributed by atoms with van der Waals surface area (Å²) in [5.41, 5.74) is 3.46. The fraction of sp³-hybridized carbons (Fsp3) is 0.0385. The molecule has 0 heterocycles. The molecule has 0 saturated carbocycles. The maximum atomic E-state index is 13.2. The van der Waals surface area contributed by atoms with Crippen LogP contribution in [0.15, 0.2) is 91.0 Å². The average Bonchev–Trinajstić information content (AvgIpc) is 3.02. The molecule has 146 valence electrons. The number of fused-ring (bicyclic) bond motifs is 1. The first-order valence-electron chi connectivity index (χ1n) is 9.44. The van der Waals surface area contributed by atoms with Gasteiger partial charge in [0.05, 0.1) is 12.7 Å². The maximum Gasteiger partial charge on any atom is 0.337 e.